The smallest absolute Gasteiger partial charge is 0.271 e. The number of hydrogen-bond acceptors (Lipinski definition) is 3. The molecule has 4 nitrogen and oxygen atoms in total. The Balaban J connectivity index is 2.04. The first-order valence-electron chi connectivity index (χ1n) is 6.01. The van der Waals surface area contributed by atoms with E-state index in [0.29, 0.717) is 10.6 Å². The van der Waals surface area contributed by atoms with Crippen molar-refractivity contribution in [3.05, 3.63) is 62.9 Å². The zero-order valence-corrected chi connectivity index (χ0v) is 13.0. The van der Waals surface area contributed by atoms with Crippen LogP contribution in [0.4, 0.5) is 0 Å². The Bertz CT molecular complexity index is 664. The third kappa shape index (κ3) is 4.08. The Morgan fingerprint density at radius 3 is 2.57 bits per heavy atom. The number of pyridine rings is 1. The number of carbonyl (C=O) groups is 1. The first kappa shape index (κ1) is 16.0. The minimum atomic E-state index is -0.930. The molecule has 0 bridgehead atoms. The summed E-state index contributed by atoms with van der Waals surface area (Å²) in [5.74, 6) is -0.520. The lowest BCUT2D eigenvalue weighted by molar-refractivity contribution is 0.0911. The monoisotopic (exact) mass is 344 g/mol. The molecule has 0 aliphatic rings. The standard InChI is InChI=1S/C14H11Cl3N2O2/c15-9-4-2-1-3-8(9)11(20)7-18-14(21)13-10(16)5-6-12(17)19-13/h1-6,11,20H,7H2,(H,18,21). The molecule has 110 valence electrons. The first-order chi connectivity index (χ1) is 9.99. The lowest BCUT2D eigenvalue weighted by Crippen LogP contribution is -2.29. The number of carbonyl (C=O) groups excluding carboxylic acids is 1. The zero-order valence-electron chi connectivity index (χ0n) is 10.7. The van der Waals surface area contributed by atoms with Crippen molar-refractivity contribution in [2.75, 3.05) is 6.54 Å². The maximum absolute atomic E-state index is 12.0. The second-order valence-electron chi connectivity index (χ2n) is 4.21. The molecule has 0 saturated carbocycles. The van der Waals surface area contributed by atoms with Gasteiger partial charge in [-0.1, -0.05) is 53.0 Å². The van der Waals surface area contributed by atoms with Crippen LogP contribution in [0.5, 0.6) is 0 Å². The highest BCUT2D eigenvalue weighted by Gasteiger charge is 2.16. The van der Waals surface area contributed by atoms with Crippen molar-refractivity contribution in [2.24, 2.45) is 0 Å². The van der Waals surface area contributed by atoms with Gasteiger partial charge in [0.1, 0.15) is 10.8 Å². The summed E-state index contributed by atoms with van der Waals surface area (Å²) in [5, 5.41) is 13.4. The highest BCUT2D eigenvalue weighted by molar-refractivity contribution is 6.34. The summed E-state index contributed by atoms with van der Waals surface area (Å²) in [5.41, 5.74) is 0.542. The van der Waals surface area contributed by atoms with E-state index in [9.17, 15) is 9.90 Å². The summed E-state index contributed by atoms with van der Waals surface area (Å²) in [6.45, 7) is -0.0207. The van der Waals surface area contributed by atoms with Crippen molar-refractivity contribution in [3.8, 4) is 0 Å². The number of nitrogens with zero attached hydrogens (tertiary/aromatic N) is 1. The highest BCUT2D eigenvalue weighted by atomic mass is 35.5. The van der Waals surface area contributed by atoms with Gasteiger partial charge in [-0.25, -0.2) is 4.98 Å². The zero-order chi connectivity index (χ0) is 15.4. The fourth-order valence-corrected chi connectivity index (χ4v) is 2.31. The maximum atomic E-state index is 12.0. The number of aliphatic hydroxyl groups excluding tert-OH is 1. The van der Waals surface area contributed by atoms with E-state index in [2.05, 4.69) is 10.3 Å². The SMILES string of the molecule is O=C(NCC(O)c1ccccc1Cl)c1nc(Cl)ccc1Cl. The van der Waals surface area contributed by atoms with Crippen LogP contribution in [0.3, 0.4) is 0 Å². The molecule has 7 heteroatoms. The average molecular weight is 346 g/mol. The second kappa shape index (κ2) is 7.09. The third-order valence-electron chi connectivity index (χ3n) is 2.75. The molecule has 2 rings (SSSR count). The van der Waals surface area contributed by atoms with Crippen molar-refractivity contribution in [2.45, 2.75) is 6.10 Å². The van der Waals surface area contributed by atoms with Crippen LogP contribution in [0, 0.1) is 0 Å². The van der Waals surface area contributed by atoms with Crippen molar-refractivity contribution in [1.82, 2.24) is 10.3 Å². The largest absolute Gasteiger partial charge is 0.387 e. The van der Waals surface area contributed by atoms with Crippen LogP contribution >= 0.6 is 34.8 Å². The number of hydrogen-bond donors (Lipinski definition) is 2. The summed E-state index contributed by atoms with van der Waals surface area (Å²) < 4.78 is 0. The fraction of sp³-hybridized carbons (Fsp3) is 0.143. The molecule has 0 spiro atoms. The van der Waals surface area contributed by atoms with Crippen LogP contribution in [0.15, 0.2) is 36.4 Å². The van der Waals surface area contributed by atoms with Gasteiger partial charge in [-0.15, -0.1) is 0 Å². The molecule has 0 fully saturated rings. The Morgan fingerprint density at radius 1 is 1.14 bits per heavy atom. The summed E-state index contributed by atoms with van der Waals surface area (Å²) in [4.78, 5) is 15.8. The molecule has 1 aromatic carbocycles. The second-order valence-corrected chi connectivity index (χ2v) is 5.41. The van der Waals surface area contributed by atoms with Gasteiger partial charge in [0.15, 0.2) is 0 Å². The van der Waals surface area contributed by atoms with Gasteiger partial charge in [0.2, 0.25) is 0 Å². The summed E-state index contributed by atoms with van der Waals surface area (Å²) >= 11 is 17.6. The van der Waals surface area contributed by atoms with Crippen molar-refractivity contribution in [3.63, 3.8) is 0 Å². The van der Waals surface area contributed by atoms with Gasteiger partial charge >= 0.3 is 0 Å². The van der Waals surface area contributed by atoms with Gasteiger partial charge in [-0.2, -0.15) is 0 Å². The highest BCUT2D eigenvalue weighted by Crippen LogP contribution is 2.22. The number of aliphatic hydroxyl groups is 1. The normalized spacial score (nSPS) is 12.0. The molecule has 2 aromatic rings. The number of rotatable bonds is 4. The van der Waals surface area contributed by atoms with Gasteiger partial charge < -0.3 is 10.4 Å². The van der Waals surface area contributed by atoms with Gasteiger partial charge in [0, 0.05) is 17.1 Å². The summed E-state index contributed by atoms with van der Waals surface area (Å²) in [6.07, 6.45) is -0.930. The predicted molar refractivity (Wildman–Crippen MR) is 83.0 cm³/mol. The Morgan fingerprint density at radius 2 is 1.86 bits per heavy atom. The molecule has 21 heavy (non-hydrogen) atoms. The molecule has 1 amide bonds. The van der Waals surface area contributed by atoms with Gasteiger partial charge in [0.05, 0.1) is 11.1 Å². The molecule has 0 aliphatic heterocycles. The van der Waals surface area contributed by atoms with Gasteiger partial charge in [0.25, 0.3) is 5.91 Å². The number of benzene rings is 1. The van der Waals surface area contributed by atoms with Crippen molar-refractivity contribution >= 4 is 40.7 Å². The van der Waals surface area contributed by atoms with E-state index in [1.165, 1.54) is 12.1 Å². The topological polar surface area (TPSA) is 62.2 Å². The molecule has 0 radical (unpaired) electrons. The Kier molecular flexibility index (Phi) is 5.42. The minimum Gasteiger partial charge on any atom is -0.387 e. The van der Waals surface area contributed by atoms with Crippen LogP contribution in [-0.4, -0.2) is 22.5 Å². The summed E-state index contributed by atoms with van der Waals surface area (Å²) in [7, 11) is 0. The molecular formula is C14H11Cl3N2O2. The predicted octanol–water partition coefficient (Wildman–Crippen LogP) is 3.51. The quantitative estimate of drug-likeness (QED) is 0.834. The third-order valence-corrected chi connectivity index (χ3v) is 3.61. The number of amides is 1. The van der Waals surface area contributed by atoms with Crippen LogP contribution in [0.2, 0.25) is 15.2 Å². The van der Waals surface area contributed by atoms with E-state index in [1.54, 1.807) is 24.3 Å². The van der Waals surface area contributed by atoms with E-state index >= 15 is 0 Å². The Hall–Kier alpha value is -1.33. The first-order valence-corrected chi connectivity index (χ1v) is 7.15. The van der Waals surface area contributed by atoms with E-state index in [4.69, 9.17) is 34.8 Å². The van der Waals surface area contributed by atoms with E-state index in [1.807, 2.05) is 0 Å². The molecule has 0 saturated heterocycles. The maximum Gasteiger partial charge on any atom is 0.271 e. The molecule has 1 aromatic heterocycles. The minimum absolute atomic E-state index is 0.00975. The number of nitrogens with one attached hydrogen (secondary N) is 1. The van der Waals surface area contributed by atoms with Crippen LogP contribution < -0.4 is 5.32 Å². The van der Waals surface area contributed by atoms with E-state index in [-0.39, 0.29) is 22.4 Å². The molecular weight excluding hydrogens is 335 g/mol. The fourth-order valence-electron chi connectivity index (χ4n) is 1.71. The molecule has 1 atom stereocenters. The van der Waals surface area contributed by atoms with E-state index < -0.39 is 12.0 Å². The van der Waals surface area contributed by atoms with Crippen LogP contribution in [0.25, 0.3) is 0 Å². The van der Waals surface area contributed by atoms with Gasteiger partial charge in [-0.3, -0.25) is 4.79 Å². The van der Waals surface area contributed by atoms with Crippen LogP contribution in [0.1, 0.15) is 22.2 Å². The average Bonchev–Trinajstić information content (AvgIpc) is 2.47. The molecule has 1 unspecified atom stereocenters. The molecule has 2 N–H and O–H groups in total. The lowest BCUT2D eigenvalue weighted by atomic mass is 10.1. The van der Waals surface area contributed by atoms with Crippen molar-refractivity contribution in [1.29, 1.82) is 0 Å². The number of halogens is 3. The number of aromatic nitrogens is 1. The molecule has 0 aliphatic carbocycles. The van der Waals surface area contributed by atoms with Crippen LogP contribution in [-0.2, 0) is 0 Å². The van der Waals surface area contributed by atoms with Crippen molar-refractivity contribution < 1.29 is 9.90 Å². The Labute approximate surface area is 136 Å². The van der Waals surface area contributed by atoms with Gasteiger partial charge in [-0.05, 0) is 18.2 Å². The summed E-state index contributed by atoms with van der Waals surface area (Å²) in [6, 6.07) is 9.82. The lowest BCUT2D eigenvalue weighted by Gasteiger charge is -2.13. The van der Waals surface area contributed by atoms with E-state index in [0.717, 1.165) is 0 Å². The molecule has 1 heterocycles.